The van der Waals surface area contributed by atoms with Crippen LogP contribution in [0.4, 0.5) is 19.2 Å². The average Bonchev–Trinajstić information content (AvgIpc) is 2.92. The van der Waals surface area contributed by atoms with Gasteiger partial charge in [-0.3, -0.25) is 4.79 Å². The molecule has 9 heteroatoms. The van der Waals surface area contributed by atoms with E-state index < -0.39 is 18.0 Å². The molecule has 0 radical (unpaired) electrons. The second-order valence-corrected chi connectivity index (χ2v) is 5.94. The van der Waals surface area contributed by atoms with E-state index in [1.165, 1.54) is 0 Å². The van der Waals surface area contributed by atoms with Gasteiger partial charge in [0.2, 0.25) is 5.91 Å². The zero-order valence-electron chi connectivity index (χ0n) is 12.0. The highest BCUT2D eigenvalue weighted by molar-refractivity contribution is 5.80. The fourth-order valence-electron chi connectivity index (χ4n) is 2.15. The second-order valence-electron chi connectivity index (χ2n) is 5.94. The molecule has 0 saturated carbocycles. The van der Waals surface area contributed by atoms with Crippen molar-refractivity contribution < 1.29 is 22.5 Å². The first-order valence-electron chi connectivity index (χ1n) is 6.52. The number of rotatable bonds is 3. The van der Waals surface area contributed by atoms with Crippen molar-refractivity contribution in [2.75, 3.05) is 25.0 Å². The van der Waals surface area contributed by atoms with Crippen molar-refractivity contribution >= 4 is 11.9 Å². The Morgan fingerprint density at radius 2 is 2.19 bits per heavy atom. The summed E-state index contributed by atoms with van der Waals surface area (Å²) in [6.45, 7) is 7.28. The summed E-state index contributed by atoms with van der Waals surface area (Å²) in [6, 6.07) is -0.415. The first-order valence-corrected chi connectivity index (χ1v) is 6.52. The average molecular weight is 306 g/mol. The number of amides is 1. The normalized spacial score (nSPS) is 21.6. The van der Waals surface area contributed by atoms with Gasteiger partial charge < -0.3 is 14.7 Å². The molecule has 6 nitrogen and oxygen atoms in total. The first-order chi connectivity index (χ1) is 9.59. The van der Waals surface area contributed by atoms with Crippen LogP contribution in [-0.4, -0.2) is 40.6 Å². The Balaban J connectivity index is 1.89. The molecule has 0 spiro atoms. The molecule has 1 aromatic heterocycles. The van der Waals surface area contributed by atoms with Crippen molar-refractivity contribution in [1.82, 2.24) is 15.0 Å². The van der Waals surface area contributed by atoms with E-state index in [4.69, 9.17) is 0 Å². The molecular weight excluding hydrogens is 289 g/mol. The van der Waals surface area contributed by atoms with E-state index in [-0.39, 0.29) is 17.9 Å². The summed E-state index contributed by atoms with van der Waals surface area (Å²) in [5.74, 6) is -1.21. The standard InChI is InChI=1S/C12H17F3N4O2/c1-7-5-19(6-11(7,2)3)8(20)4-16-10-17-9(18-21-10)12(13,14)15/h7H,4-6H2,1-3H3,(H,16,17,18)/t7-/m0/s1. The van der Waals surface area contributed by atoms with Gasteiger partial charge >= 0.3 is 12.2 Å². The van der Waals surface area contributed by atoms with Gasteiger partial charge in [-0.15, -0.1) is 0 Å². The minimum atomic E-state index is -4.66. The third-order valence-electron chi connectivity index (χ3n) is 3.85. The molecular formula is C12H17F3N4O2. The SMILES string of the molecule is C[C@H]1CN(C(=O)CNc2nc(C(F)(F)F)no2)CC1(C)C. The van der Waals surface area contributed by atoms with Gasteiger partial charge in [0.25, 0.3) is 5.82 Å². The third kappa shape index (κ3) is 3.45. The lowest BCUT2D eigenvalue weighted by molar-refractivity contribution is -0.146. The quantitative estimate of drug-likeness (QED) is 0.925. The van der Waals surface area contributed by atoms with Gasteiger partial charge in [-0.05, 0) is 16.5 Å². The van der Waals surface area contributed by atoms with Gasteiger partial charge in [0.05, 0.1) is 6.54 Å². The van der Waals surface area contributed by atoms with E-state index in [0.29, 0.717) is 19.0 Å². The van der Waals surface area contributed by atoms with Gasteiger partial charge in [-0.2, -0.15) is 18.2 Å². The number of anilines is 1. The number of likely N-dealkylation sites (tertiary alicyclic amines) is 1. The van der Waals surface area contributed by atoms with Crippen LogP contribution in [0.1, 0.15) is 26.6 Å². The number of hydrogen-bond donors (Lipinski definition) is 1. The maximum atomic E-state index is 12.3. The number of alkyl halides is 3. The van der Waals surface area contributed by atoms with Crippen LogP contribution < -0.4 is 5.32 Å². The van der Waals surface area contributed by atoms with Crippen molar-refractivity contribution in [3.05, 3.63) is 5.82 Å². The van der Waals surface area contributed by atoms with E-state index >= 15 is 0 Å². The summed E-state index contributed by atoms with van der Waals surface area (Å²) < 4.78 is 41.3. The largest absolute Gasteiger partial charge is 0.455 e. The smallest absolute Gasteiger partial charge is 0.340 e. The second kappa shape index (κ2) is 5.19. The van der Waals surface area contributed by atoms with Crippen LogP contribution in [0.2, 0.25) is 0 Å². The Morgan fingerprint density at radius 1 is 1.52 bits per heavy atom. The van der Waals surface area contributed by atoms with E-state index in [0.717, 1.165) is 0 Å². The van der Waals surface area contributed by atoms with Crippen LogP contribution in [0.3, 0.4) is 0 Å². The summed E-state index contributed by atoms with van der Waals surface area (Å²) in [5, 5.41) is 5.22. The van der Waals surface area contributed by atoms with Crippen LogP contribution in [0, 0.1) is 11.3 Å². The number of carbonyl (C=O) groups is 1. The van der Waals surface area contributed by atoms with Crippen LogP contribution in [0.5, 0.6) is 0 Å². The number of carbonyl (C=O) groups excluding carboxylic acids is 1. The van der Waals surface area contributed by atoms with Crippen LogP contribution in [0.15, 0.2) is 4.52 Å². The Bertz CT molecular complexity index is 527. The first kappa shape index (κ1) is 15.6. The van der Waals surface area contributed by atoms with Crippen LogP contribution >= 0.6 is 0 Å². The molecule has 2 rings (SSSR count). The molecule has 2 heterocycles. The van der Waals surface area contributed by atoms with Crippen LogP contribution in [0.25, 0.3) is 0 Å². The highest BCUT2D eigenvalue weighted by Gasteiger charge is 2.39. The van der Waals surface area contributed by atoms with E-state index in [1.54, 1.807) is 4.90 Å². The molecule has 1 aromatic rings. The summed E-state index contributed by atoms with van der Waals surface area (Å²) >= 11 is 0. The number of nitrogens with one attached hydrogen (secondary N) is 1. The molecule has 0 aliphatic carbocycles. The van der Waals surface area contributed by atoms with Crippen molar-refractivity contribution in [3.8, 4) is 0 Å². The predicted molar refractivity (Wildman–Crippen MR) is 67.3 cm³/mol. The molecule has 1 aliphatic heterocycles. The molecule has 0 unspecified atom stereocenters. The van der Waals surface area contributed by atoms with E-state index in [2.05, 4.69) is 40.8 Å². The van der Waals surface area contributed by atoms with Crippen molar-refractivity contribution in [2.45, 2.75) is 26.9 Å². The molecule has 1 atom stereocenters. The number of aromatic nitrogens is 2. The van der Waals surface area contributed by atoms with Gasteiger partial charge in [0, 0.05) is 13.1 Å². The minimum absolute atomic E-state index is 0.0314. The number of nitrogens with zero attached hydrogens (tertiary/aromatic N) is 3. The zero-order chi connectivity index (χ0) is 15.8. The Labute approximate surface area is 119 Å². The maximum absolute atomic E-state index is 12.3. The highest BCUT2D eigenvalue weighted by atomic mass is 19.4. The lowest BCUT2D eigenvalue weighted by Gasteiger charge is -2.21. The van der Waals surface area contributed by atoms with Gasteiger partial charge in [0.15, 0.2) is 0 Å². The van der Waals surface area contributed by atoms with E-state index in [9.17, 15) is 18.0 Å². The molecule has 21 heavy (non-hydrogen) atoms. The summed E-state index contributed by atoms with van der Waals surface area (Å²) in [5.41, 5.74) is 0.0314. The molecule has 118 valence electrons. The third-order valence-corrected chi connectivity index (χ3v) is 3.85. The van der Waals surface area contributed by atoms with Gasteiger partial charge in [0.1, 0.15) is 0 Å². The molecule has 1 fully saturated rings. The maximum Gasteiger partial charge on any atom is 0.455 e. The monoisotopic (exact) mass is 306 g/mol. The molecule has 1 saturated heterocycles. The lowest BCUT2D eigenvalue weighted by atomic mass is 9.84. The summed E-state index contributed by atoms with van der Waals surface area (Å²) in [6.07, 6.45) is -4.66. The Morgan fingerprint density at radius 3 is 2.67 bits per heavy atom. The topological polar surface area (TPSA) is 71.3 Å². The summed E-state index contributed by atoms with van der Waals surface area (Å²) in [7, 11) is 0. The molecule has 0 bridgehead atoms. The van der Waals surface area contributed by atoms with Gasteiger partial charge in [-0.25, -0.2) is 0 Å². The Hall–Kier alpha value is -1.80. The van der Waals surface area contributed by atoms with Gasteiger partial charge in [-0.1, -0.05) is 20.8 Å². The number of hydrogen-bond acceptors (Lipinski definition) is 5. The summed E-state index contributed by atoms with van der Waals surface area (Å²) in [4.78, 5) is 16.8. The zero-order valence-corrected chi connectivity index (χ0v) is 12.0. The molecule has 1 aliphatic rings. The molecule has 1 N–H and O–H groups in total. The van der Waals surface area contributed by atoms with Crippen molar-refractivity contribution in [3.63, 3.8) is 0 Å². The highest BCUT2D eigenvalue weighted by Crippen LogP contribution is 2.34. The number of halogens is 3. The van der Waals surface area contributed by atoms with E-state index in [1.807, 2.05) is 0 Å². The lowest BCUT2D eigenvalue weighted by Crippen LogP contribution is -2.34. The van der Waals surface area contributed by atoms with Crippen molar-refractivity contribution in [1.29, 1.82) is 0 Å². The Kier molecular flexibility index (Phi) is 3.85. The van der Waals surface area contributed by atoms with Crippen LogP contribution in [-0.2, 0) is 11.0 Å². The fourth-order valence-corrected chi connectivity index (χ4v) is 2.15. The molecule has 1 amide bonds. The minimum Gasteiger partial charge on any atom is -0.340 e. The predicted octanol–water partition coefficient (Wildman–Crippen LogP) is 2.00. The fraction of sp³-hybridized carbons (Fsp3) is 0.750. The van der Waals surface area contributed by atoms with Crippen molar-refractivity contribution in [2.24, 2.45) is 11.3 Å². The molecule has 0 aromatic carbocycles.